The Morgan fingerprint density at radius 2 is 2.24 bits per heavy atom. The average Bonchev–Trinajstić information content (AvgIpc) is 2.71. The van der Waals surface area contributed by atoms with Gasteiger partial charge in [-0.3, -0.25) is 9.88 Å². The average molecular weight is 231 g/mol. The molecule has 0 bridgehead atoms. The molecule has 0 aromatic carbocycles. The first-order chi connectivity index (χ1) is 8.25. The van der Waals surface area contributed by atoms with Crippen LogP contribution in [0.15, 0.2) is 29.2 Å². The van der Waals surface area contributed by atoms with Crippen molar-refractivity contribution in [1.29, 1.82) is 0 Å². The fourth-order valence-electron chi connectivity index (χ4n) is 1.98. The van der Waals surface area contributed by atoms with Gasteiger partial charge in [0.1, 0.15) is 0 Å². The summed E-state index contributed by atoms with van der Waals surface area (Å²) in [4.78, 5) is 16.4. The zero-order valence-electron chi connectivity index (χ0n) is 8.83. The Balaban J connectivity index is 2.18. The number of amides is 1. The lowest BCUT2D eigenvalue weighted by molar-refractivity contribution is 0.134. The van der Waals surface area contributed by atoms with Gasteiger partial charge in [-0.2, -0.15) is 0 Å². The Morgan fingerprint density at radius 3 is 3.06 bits per heavy atom. The SMILES string of the molecule is O=C(O)N1Cc2cnccc2-c2cnoc2C1. The van der Waals surface area contributed by atoms with Crippen LogP contribution < -0.4 is 0 Å². The van der Waals surface area contributed by atoms with Gasteiger partial charge < -0.3 is 9.63 Å². The van der Waals surface area contributed by atoms with Gasteiger partial charge >= 0.3 is 6.09 Å². The van der Waals surface area contributed by atoms with Crippen molar-refractivity contribution in [3.05, 3.63) is 36.0 Å². The van der Waals surface area contributed by atoms with E-state index in [1.165, 1.54) is 4.90 Å². The number of hydrogen-bond donors (Lipinski definition) is 1. The van der Waals surface area contributed by atoms with Crippen molar-refractivity contribution >= 4 is 6.09 Å². The molecule has 86 valence electrons. The van der Waals surface area contributed by atoms with Crippen molar-refractivity contribution < 1.29 is 14.4 Å². The zero-order valence-corrected chi connectivity index (χ0v) is 8.83. The highest BCUT2D eigenvalue weighted by Crippen LogP contribution is 2.31. The fraction of sp³-hybridized carbons (Fsp3) is 0.182. The molecule has 0 spiro atoms. The molecule has 1 amide bonds. The lowest BCUT2D eigenvalue weighted by atomic mass is 10.0. The van der Waals surface area contributed by atoms with E-state index >= 15 is 0 Å². The van der Waals surface area contributed by atoms with Gasteiger partial charge in [-0.25, -0.2) is 4.79 Å². The van der Waals surface area contributed by atoms with Gasteiger partial charge in [0.15, 0.2) is 5.76 Å². The predicted molar refractivity (Wildman–Crippen MR) is 57.0 cm³/mol. The second-order valence-electron chi connectivity index (χ2n) is 3.83. The van der Waals surface area contributed by atoms with Gasteiger partial charge in [0.05, 0.1) is 19.3 Å². The monoisotopic (exact) mass is 231 g/mol. The van der Waals surface area contributed by atoms with Crippen molar-refractivity contribution in [2.45, 2.75) is 13.1 Å². The number of carbonyl (C=O) groups is 1. The van der Waals surface area contributed by atoms with Gasteiger partial charge in [-0.1, -0.05) is 5.16 Å². The summed E-state index contributed by atoms with van der Waals surface area (Å²) in [6.07, 6.45) is 3.97. The number of rotatable bonds is 0. The van der Waals surface area contributed by atoms with Crippen LogP contribution in [0.25, 0.3) is 11.1 Å². The maximum atomic E-state index is 11.1. The van der Waals surface area contributed by atoms with E-state index in [0.717, 1.165) is 16.7 Å². The summed E-state index contributed by atoms with van der Waals surface area (Å²) in [6.45, 7) is 0.516. The smallest absolute Gasteiger partial charge is 0.408 e. The predicted octanol–water partition coefficient (Wildman–Crippen LogP) is 1.73. The third-order valence-electron chi connectivity index (χ3n) is 2.81. The molecule has 0 fully saturated rings. The quantitative estimate of drug-likeness (QED) is 0.746. The molecule has 6 heteroatoms. The van der Waals surface area contributed by atoms with Crippen LogP contribution in [0, 0.1) is 0 Å². The highest BCUT2D eigenvalue weighted by Gasteiger charge is 2.25. The molecule has 1 N–H and O–H groups in total. The van der Waals surface area contributed by atoms with Crippen molar-refractivity contribution in [2.75, 3.05) is 0 Å². The second-order valence-corrected chi connectivity index (χ2v) is 3.83. The van der Waals surface area contributed by atoms with Crippen LogP contribution in [-0.2, 0) is 13.1 Å². The molecular weight excluding hydrogens is 222 g/mol. The number of pyridine rings is 1. The molecule has 0 saturated carbocycles. The van der Waals surface area contributed by atoms with E-state index in [9.17, 15) is 4.79 Å². The van der Waals surface area contributed by atoms with Crippen LogP contribution in [0.1, 0.15) is 11.3 Å². The number of fused-ring (bicyclic) bond motifs is 3. The van der Waals surface area contributed by atoms with Crippen LogP contribution in [-0.4, -0.2) is 26.2 Å². The summed E-state index contributed by atoms with van der Waals surface area (Å²) >= 11 is 0. The van der Waals surface area contributed by atoms with Crippen molar-refractivity contribution in [3.63, 3.8) is 0 Å². The van der Waals surface area contributed by atoms with Gasteiger partial charge in [0.2, 0.25) is 0 Å². The van der Waals surface area contributed by atoms with E-state index in [2.05, 4.69) is 10.1 Å². The topological polar surface area (TPSA) is 79.5 Å². The molecule has 2 aromatic rings. The molecule has 1 aliphatic rings. The number of hydrogen-bond acceptors (Lipinski definition) is 4. The molecule has 3 heterocycles. The zero-order chi connectivity index (χ0) is 11.8. The van der Waals surface area contributed by atoms with Gasteiger partial charge in [0, 0.05) is 18.0 Å². The third kappa shape index (κ3) is 1.54. The third-order valence-corrected chi connectivity index (χ3v) is 2.81. The fourth-order valence-corrected chi connectivity index (χ4v) is 1.98. The Morgan fingerprint density at radius 1 is 1.35 bits per heavy atom. The highest BCUT2D eigenvalue weighted by molar-refractivity contribution is 5.72. The molecule has 0 saturated heterocycles. The molecule has 2 aromatic heterocycles. The van der Waals surface area contributed by atoms with Crippen LogP contribution in [0.2, 0.25) is 0 Å². The van der Waals surface area contributed by atoms with Gasteiger partial charge in [-0.05, 0) is 17.2 Å². The molecule has 0 radical (unpaired) electrons. The van der Waals surface area contributed by atoms with E-state index in [4.69, 9.17) is 9.63 Å². The Kier molecular flexibility index (Phi) is 2.07. The van der Waals surface area contributed by atoms with E-state index in [0.29, 0.717) is 12.3 Å². The maximum absolute atomic E-state index is 11.1. The summed E-state index contributed by atoms with van der Waals surface area (Å²) in [5, 5.41) is 12.8. The lowest BCUT2D eigenvalue weighted by Gasteiger charge is -2.15. The number of nitrogens with zero attached hydrogens (tertiary/aromatic N) is 3. The molecular formula is C11H9N3O3. The van der Waals surface area contributed by atoms with Crippen LogP contribution in [0.5, 0.6) is 0 Å². The molecule has 3 rings (SSSR count). The largest absolute Gasteiger partial charge is 0.465 e. The van der Waals surface area contributed by atoms with Gasteiger partial charge in [-0.15, -0.1) is 0 Å². The Hall–Kier alpha value is -2.37. The molecule has 0 unspecified atom stereocenters. The van der Waals surface area contributed by atoms with E-state index < -0.39 is 6.09 Å². The van der Waals surface area contributed by atoms with Crippen molar-refractivity contribution in [2.24, 2.45) is 0 Å². The molecule has 0 aliphatic carbocycles. The van der Waals surface area contributed by atoms with Crippen LogP contribution in [0.4, 0.5) is 4.79 Å². The summed E-state index contributed by atoms with van der Waals surface area (Å²) in [7, 11) is 0. The summed E-state index contributed by atoms with van der Waals surface area (Å²) in [5.41, 5.74) is 2.63. The minimum absolute atomic E-state index is 0.208. The minimum atomic E-state index is -0.982. The van der Waals surface area contributed by atoms with E-state index in [-0.39, 0.29) is 6.54 Å². The molecule has 6 nitrogen and oxygen atoms in total. The molecule has 17 heavy (non-hydrogen) atoms. The maximum Gasteiger partial charge on any atom is 0.408 e. The van der Waals surface area contributed by atoms with Gasteiger partial charge in [0.25, 0.3) is 0 Å². The first kappa shape index (κ1) is 9.83. The Labute approximate surface area is 96.5 Å². The first-order valence-corrected chi connectivity index (χ1v) is 5.10. The summed E-state index contributed by atoms with van der Waals surface area (Å²) < 4.78 is 5.10. The number of aromatic nitrogens is 2. The van der Waals surface area contributed by atoms with Crippen molar-refractivity contribution in [3.8, 4) is 11.1 Å². The first-order valence-electron chi connectivity index (χ1n) is 5.10. The Bertz CT molecular complexity index is 579. The normalized spacial score (nSPS) is 13.8. The minimum Gasteiger partial charge on any atom is -0.465 e. The van der Waals surface area contributed by atoms with Crippen LogP contribution in [0.3, 0.4) is 0 Å². The molecule has 1 aliphatic heterocycles. The van der Waals surface area contributed by atoms with E-state index in [1.807, 2.05) is 6.07 Å². The summed E-state index contributed by atoms with van der Waals surface area (Å²) in [5.74, 6) is 0.567. The highest BCUT2D eigenvalue weighted by atomic mass is 16.5. The lowest BCUT2D eigenvalue weighted by Crippen LogP contribution is -2.27. The summed E-state index contributed by atoms with van der Waals surface area (Å²) in [6, 6.07) is 1.84. The second kappa shape index (κ2) is 3.58. The van der Waals surface area contributed by atoms with Crippen LogP contribution >= 0.6 is 0 Å². The number of carboxylic acid groups (broad SMARTS) is 1. The molecule has 0 atom stereocenters. The van der Waals surface area contributed by atoms with E-state index in [1.54, 1.807) is 18.6 Å². The van der Waals surface area contributed by atoms with Crippen molar-refractivity contribution in [1.82, 2.24) is 15.0 Å². The standard InChI is InChI=1S/C11H9N3O3/c15-11(16)14-5-7-3-12-2-1-8(7)9-4-13-17-10(9)6-14/h1-4H,5-6H2,(H,15,16).